The second kappa shape index (κ2) is 2.29. The average molecular weight is 168 g/mol. The molecule has 9 heavy (non-hydrogen) atoms. The summed E-state index contributed by atoms with van der Waals surface area (Å²) in [7, 11) is 0.235. The number of methoxy groups -OCH3 is 1. The maximum atomic E-state index is 5.05. The summed E-state index contributed by atoms with van der Waals surface area (Å²) in [6.45, 7) is 0. The highest BCUT2D eigenvalue weighted by Crippen LogP contribution is 2.45. The lowest BCUT2D eigenvalue weighted by Crippen LogP contribution is -2.10. The van der Waals surface area contributed by atoms with E-state index < -0.39 is 8.75 Å². The second-order valence-electron chi connectivity index (χ2n) is 3.74. The fourth-order valence-electron chi connectivity index (χ4n) is 0.333. The molecule has 58 valence electrons. The van der Waals surface area contributed by atoms with Gasteiger partial charge in [-0.1, -0.05) is 0 Å². The smallest absolute Gasteiger partial charge is 0.114 e. The molecule has 0 atom stereocenters. The topological polar surface area (TPSA) is 9.23 Å². The quantitative estimate of drug-likeness (QED) is 0.426. The van der Waals surface area contributed by atoms with Crippen LogP contribution in [-0.4, -0.2) is 36.5 Å². The van der Waals surface area contributed by atoms with Crippen molar-refractivity contribution in [3.63, 3.8) is 0 Å². The van der Waals surface area contributed by atoms with E-state index in [0.29, 0.717) is 0 Å². The first-order chi connectivity index (χ1) is 3.74. The summed E-state index contributed by atoms with van der Waals surface area (Å²) in [6, 6.07) is 0. The SMILES string of the molecule is COC(S)=S(C)(C)(C)C. The molecule has 0 heterocycles. The van der Waals surface area contributed by atoms with Crippen LogP contribution in [0, 0.1) is 0 Å². The number of rotatable bonds is 0. The van der Waals surface area contributed by atoms with Crippen LogP contribution in [0.5, 0.6) is 0 Å². The third-order valence-corrected chi connectivity index (χ3v) is 4.81. The summed E-state index contributed by atoms with van der Waals surface area (Å²) < 4.78 is 5.91. The maximum Gasteiger partial charge on any atom is 0.114 e. The molecule has 0 unspecified atom stereocenters. The number of hydrogen-bond acceptors (Lipinski definition) is 1. The normalized spacial score (nSPS) is 16.4. The van der Waals surface area contributed by atoms with Crippen molar-refractivity contribution in [1.29, 1.82) is 0 Å². The van der Waals surface area contributed by atoms with Crippen molar-refractivity contribution < 1.29 is 4.74 Å². The lowest BCUT2D eigenvalue weighted by molar-refractivity contribution is 0.426. The van der Waals surface area contributed by atoms with Gasteiger partial charge in [-0.25, -0.2) is 8.75 Å². The van der Waals surface area contributed by atoms with Gasteiger partial charge in [-0.3, -0.25) is 0 Å². The molecule has 0 aliphatic heterocycles. The summed E-state index contributed by atoms with van der Waals surface area (Å²) in [5, 5.41) is 0. The van der Waals surface area contributed by atoms with Gasteiger partial charge in [-0.05, 0) is 25.0 Å². The van der Waals surface area contributed by atoms with Crippen LogP contribution in [0.25, 0.3) is 0 Å². The van der Waals surface area contributed by atoms with Crippen LogP contribution in [0.2, 0.25) is 0 Å². The van der Waals surface area contributed by atoms with E-state index in [4.69, 9.17) is 4.74 Å². The third-order valence-electron chi connectivity index (χ3n) is 0.873. The van der Waals surface area contributed by atoms with Gasteiger partial charge in [0.15, 0.2) is 0 Å². The molecule has 1 nitrogen and oxygen atoms in total. The molecule has 0 aromatic heterocycles. The summed E-state index contributed by atoms with van der Waals surface area (Å²) in [4.78, 5) is 0. The van der Waals surface area contributed by atoms with Crippen LogP contribution in [0.4, 0.5) is 0 Å². The predicted molar refractivity (Wildman–Crippen MR) is 52.3 cm³/mol. The highest BCUT2D eigenvalue weighted by atomic mass is 32.3. The van der Waals surface area contributed by atoms with Gasteiger partial charge in [0.05, 0.1) is 0 Å². The van der Waals surface area contributed by atoms with Gasteiger partial charge >= 0.3 is 0 Å². The van der Waals surface area contributed by atoms with Crippen LogP contribution in [-0.2, 0) is 4.74 Å². The highest BCUT2D eigenvalue weighted by Gasteiger charge is 2.12. The van der Waals surface area contributed by atoms with Gasteiger partial charge in [-0.2, -0.15) is 0 Å². The van der Waals surface area contributed by atoms with E-state index >= 15 is 0 Å². The average Bonchev–Trinajstić information content (AvgIpc) is 1.60. The molecule has 0 fully saturated rings. The molecule has 0 aromatic rings. The summed E-state index contributed by atoms with van der Waals surface area (Å²) >= 11 is 4.24. The first-order valence-electron chi connectivity index (χ1n) is 2.67. The van der Waals surface area contributed by atoms with Crippen molar-refractivity contribution in [2.45, 2.75) is 0 Å². The second-order valence-corrected chi connectivity index (χ2v) is 11.3. The van der Waals surface area contributed by atoms with Crippen molar-refractivity contribution in [1.82, 2.24) is 0 Å². The Morgan fingerprint density at radius 1 is 1.22 bits per heavy atom. The minimum atomic E-state index is -1.43. The van der Waals surface area contributed by atoms with Crippen molar-refractivity contribution in [2.24, 2.45) is 0 Å². The van der Waals surface area contributed by atoms with Crippen LogP contribution in [0.15, 0.2) is 0 Å². The van der Waals surface area contributed by atoms with Gasteiger partial charge in [-0.15, -0.1) is 12.6 Å². The van der Waals surface area contributed by atoms with Crippen LogP contribution in [0.3, 0.4) is 0 Å². The standard InChI is InChI=1S/C6H16OS2/c1-7-6(8)9(2,3,4)5/h8H,1-5H3. The number of hydrogen-bond donors (Lipinski definition) is 1. The highest BCUT2D eigenvalue weighted by molar-refractivity contribution is 8.51. The van der Waals surface area contributed by atoms with Crippen LogP contribution >= 0.6 is 21.4 Å². The van der Waals surface area contributed by atoms with Crippen LogP contribution in [0.1, 0.15) is 0 Å². The van der Waals surface area contributed by atoms with Crippen molar-refractivity contribution in [2.75, 3.05) is 32.1 Å². The van der Waals surface area contributed by atoms with Gasteiger partial charge < -0.3 is 4.74 Å². The van der Waals surface area contributed by atoms with Crippen molar-refractivity contribution >= 4 is 25.8 Å². The Hall–Kier alpha value is 0.530. The summed E-state index contributed by atoms with van der Waals surface area (Å²) in [5.41, 5.74) is 0. The lowest BCUT2D eigenvalue weighted by atomic mass is 11.5. The van der Waals surface area contributed by atoms with E-state index in [1.165, 1.54) is 0 Å². The van der Waals surface area contributed by atoms with Crippen molar-refractivity contribution in [3.8, 4) is 0 Å². The Labute approximate surface area is 63.1 Å². The van der Waals surface area contributed by atoms with Gasteiger partial charge in [0.1, 0.15) is 4.38 Å². The molecule has 0 aliphatic rings. The Kier molecular flexibility index (Phi) is 2.43. The minimum Gasteiger partial charge on any atom is -0.339 e. The zero-order valence-electron chi connectivity index (χ0n) is 6.76. The molecule has 3 heteroatoms. The Morgan fingerprint density at radius 2 is 1.56 bits per heavy atom. The van der Waals surface area contributed by atoms with E-state index in [0.717, 1.165) is 4.38 Å². The summed E-state index contributed by atoms with van der Waals surface area (Å²) in [5.74, 6) is 0. The van der Waals surface area contributed by atoms with Crippen LogP contribution < -0.4 is 0 Å². The first kappa shape index (κ1) is 9.53. The molecular formula is C6H16OS2. The predicted octanol–water partition coefficient (Wildman–Crippen LogP) is 1.51. The van der Waals surface area contributed by atoms with Crippen molar-refractivity contribution in [3.05, 3.63) is 0 Å². The van der Waals surface area contributed by atoms with E-state index in [-0.39, 0.29) is 0 Å². The first-order valence-corrected chi connectivity index (χ1v) is 6.79. The third kappa shape index (κ3) is 3.28. The maximum absolute atomic E-state index is 5.05. The molecule has 0 spiro atoms. The van der Waals surface area contributed by atoms with E-state index in [1.807, 2.05) is 0 Å². The lowest BCUT2D eigenvalue weighted by Gasteiger charge is -2.33. The van der Waals surface area contributed by atoms with Gasteiger partial charge in [0.2, 0.25) is 0 Å². The number of thiol groups is 1. The molecule has 0 saturated heterocycles. The minimum absolute atomic E-state index is 0.868. The van der Waals surface area contributed by atoms with E-state index in [9.17, 15) is 0 Å². The fourth-order valence-corrected chi connectivity index (χ4v) is 1.00. The molecule has 0 aliphatic carbocycles. The van der Waals surface area contributed by atoms with E-state index in [1.54, 1.807) is 7.11 Å². The fraction of sp³-hybridized carbons (Fsp3) is 0.833. The van der Waals surface area contributed by atoms with Gasteiger partial charge in [0.25, 0.3) is 0 Å². The molecule has 0 amide bonds. The molecule has 0 rings (SSSR count). The van der Waals surface area contributed by atoms with Gasteiger partial charge in [0, 0.05) is 7.11 Å². The summed E-state index contributed by atoms with van der Waals surface area (Å²) in [6.07, 6.45) is 8.73. The Bertz CT molecular complexity index is 152. The molecule has 0 aromatic carbocycles. The molecule has 0 radical (unpaired) electrons. The zero-order chi connectivity index (χ0) is 7.73. The molecule has 0 N–H and O–H groups in total. The Balaban J connectivity index is 4.88. The molecule has 0 bridgehead atoms. The largest absolute Gasteiger partial charge is 0.339 e. The molecule has 0 saturated carbocycles. The Morgan fingerprint density at radius 3 is 1.56 bits per heavy atom. The molecular weight excluding hydrogens is 152 g/mol. The zero-order valence-corrected chi connectivity index (χ0v) is 8.47. The van der Waals surface area contributed by atoms with E-state index in [2.05, 4.69) is 37.7 Å². The number of ether oxygens (including phenoxy) is 1. The monoisotopic (exact) mass is 168 g/mol.